The van der Waals surface area contributed by atoms with Crippen LogP contribution in [0.4, 0.5) is 0 Å². The van der Waals surface area contributed by atoms with Gasteiger partial charge in [-0.3, -0.25) is 9.69 Å². The number of aryl methyl sites for hydroxylation is 2. The molecule has 1 aromatic carbocycles. The van der Waals surface area contributed by atoms with Gasteiger partial charge in [-0.2, -0.15) is 0 Å². The first kappa shape index (κ1) is 18.5. The summed E-state index contributed by atoms with van der Waals surface area (Å²) < 4.78 is 7.66. The lowest BCUT2D eigenvalue weighted by molar-refractivity contribution is -0.123. The zero-order valence-electron chi connectivity index (χ0n) is 15.8. The lowest BCUT2D eigenvalue weighted by atomic mass is 9.87. The Kier molecular flexibility index (Phi) is 5.93. The van der Waals surface area contributed by atoms with E-state index in [0.717, 1.165) is 30.7 Å². The number of amides is 1. The molecule has 2 aromatic rings. The molecular formula is C20H28N4O2. The highest BCUT2D eigenvalue weighted by Gasteiger charge is 2.32. The van der Waals surface area contributed by atoms with Crippen LogP contribution in [0, 0.1) is 12.8 Å². The van der Waals surface area contributed by atoms with E-state index in [1.54, 1.807) is 0 Å². The third-order valence-corrected chi connectivity index (χ3v) is 5.08. The quantitative estimate of drug-likeness (QED) is 0.863. The number of aromatic nitrogens is 2. The first-order chi connectivity index (χ1) is 12.5. The average molecular weight is 356 g/mol. The third-order valence-electron chi connectivity index (χ3n) is 5.08. The van der Waals surface area contributed by atoms with Crippen LogP contribution < -0.4 is 10.1 Å². The third kappa shape index (κ3) is 4.43. The normalized spacial score (nSPS) is 20.7. The molecule has 0 aliphatic carbocycles. The fourth-order valence-electron chi connectivity index (χ4n) is 3.74. The predicted octanol–water partition coefficient (Wildman–Crippen LogP) is 2.31. The number of hydrogen-bond acceptors (Lipinski definition) is 4. The summed E-state index contributed by atoms with van der Waals surface area (Å²) in [6.07, 6.45) is 6.01. The summed E-state index contributed by atoms with van der Waals surface area (Å²) in [6, 6.07) is 8.01. The van der Waals surface area contributed by atoms with Gasteiger partial charge in [0.05, 0.1) is 18.1 Å². The van der Waals surface area contributed by atoms with Crippen LogP contribution in [0.3, 0.4) is 0 Å². The number of hydrogen-bond donors (Lipinski definition) is 1. The van der Waals surface area contributed by atoms with Crippen molar-refractivity contribution in [1.82, 2.24) is 19.8 Å². The van der Waals surface area contributed by atoms with Crippen molar-refractivity contribution in [3.63, 3.8) is 0 Å². The van der Waals surface area contributed by atoms with E-state index in [9.17, 15) is 4.79 Å². The van der Waals surface area contributed by atoms with Crippen LogP contribution in [0.15, 0.2) is 36.8 Å². The van der Waals surface area contributed by atoms with E-state index in [2.05, 4.69) is 26.8 Å². The molecule has 1 aliphatic heterocycles. The number of rotatable bonds is 6. The van der Waals surface area contributed by atoms with Gasteiger partial charge in [-0.15, -0.1) is 0 Å². The van der Waals surface area contributed by atoms with Gasteiger partial charge in [0.15, 0.2) is 6.61 Å². The summed E-state index contributed by atoms with van der Waals surface area (Å²) in [5.74, 6) is 1.01. The number of carbonyl (C=O) groups excluding carboxylic acids is 1. The molecule has 3 rings (SSSR count). The monoisotopic (exact) mass is 356 g/mol. The molecule has 26 heavy (non-hydrogen) atoms. The molecule has 0 spiro atoms. The Balaban J connectivity index is 1.55. The summed E-state index contributed by atoms with van der Waals surface area (Å²) >= 11 is 0. The van der Waals surface area contributed by atoms with Gasteiger partial charge in [0.1, 0.15) is 5.75 Å². The maximum Gasteiger partial charge on any atom is 0.257 e. The molecule has 1 aromatic heterocycles. The second kappa shape index (κ2) is 8.36. The number of ether oxygens (including phenoxy) is 1. The number of nitrogens with zero attached hydrogens (tertiary/aromatic N) is 3. The topological polar surface area (TPSA) is 59.4 Å². The van der Waals surface area contributed by atoms with Crippen LogP contribution in [0.25, 0.3) is 0 Å². The Hall–Kier alpha value is -2.34. The van der Waals surface area contributed by atoms with Gasteiger partial charge >= 0.3 is 0 Å². The van der Waals surface area contributed by atoms with Crippen molar-refractivity contribution in [3.05, 3.63) is 48.0 Å². The van der Waals surface area contributed by atoms with Gasteiger partial charge in [-0.05, 0) is 57.0 Å². The van der Waals surface area contributed by atoms with Crippen LogP contribution in [0.5, 0.6) is 5.75 Å². The zero-order chi connectivity index (χ0) is 18.5. The standard InChI is InChI=1S/C20H28N4O2/c1-15-6-4-8-17(10-15)26-13-19(25)22-11-16-7-5-9-23(2)20(16)18-12-21-14-24(18)3/h4,6,8,10,12,14,16,20H,5,7,9,11,13H2,1-3H3,(H,22,25)/t16-,20+/m0/s1. The number of likely N-dealkylation sites (tertiary alicyclic amines) is 1. The summed E-state index contributed by atoms with van der Waals surface area (Å²) in [6.45, 7) is 3.76. The van der Waals surface area contributed by atoms with E-state index in [1.165, 1.54) is 5.69 Å². The van der Waals surface area contributed by atoms with Crippen LogP contribution in [-0.2, 0) is 11.8 Å². The summed E-state index contributed by atoms with van der Waals surface area (Å²) in [5, 5.41) is 3.05. The highest BCUT2D eigenvalue weighted by Crippen LogP contribution is 2.34. The molecule has 6 nitrogen and oxygen atoms in total. The van der Waals surface area contributed by atoms with E-state index in [-0.39, 0.29) is 18.6 Å². The number of nitrogens with one attached hydrogen (secondary N) is 1. The first-order valence-electron chi connectivity index (χ1n) is 9.17. The number of benzene rings is 1. The Morgan fingerprint density at radius 2 is 2.23 bits per heavy atom. The smallest absolute Gasteiger partial charge is 0.257 e. The van der Waals surface area contributed by atoms with Crippen LogP contribution in [0.2, 0.25) is 0 Å². The van der Waals surface area contributed by atoms with Gasteiger partial charge in [-0.25, -0.2) is 4.98 Å². The Morgan fingerprint density at radius 1 is 1.38 bits per heavy atom. The Morgan fingerprint density at radius 3 is 2.96 bits per heavy atom. The second-order valence-corrected chi connectivity index (χ2v) is 7.17. The maximum absolute atomic E-state index is 12.2. The molecule has 0 bridgehead atoms. The summed E-state index contributed by atoms with van der Waals surface area (Å²) in [7, 11) is 4.17. The lowest BCUT2D eigenvalue weighted by Crippen LogP contribution is -2.43. The predicted molar refractivity (Wildman–Crippen MR) is 101 cm³/mol. The molecule has 2 heterocycles. The van der Waals surface area contributed by atoms with Crippen molar-refractivity contribution in [1.29, 1.82) is 0 Å². The minimum Gasteiger partial charge on any atom is -0.484 e. The fraction of sp³-hybridized carbons (Fsp3) is 0.500. The molecule has 1 aliphatic rings. The largest absolute Gasteiger partial charge is 0.484 e. The fourth-order valence-corrected chi connectivity index (χ4v) is 3.74. The van der Waals surface area contributed by atoms with E-state index in [4.69, 9.17) is 4.74 Å². The second-order valence-electron chi connectivity index (χ2n) is 7.17. The molecule has 1 amide bonds. The number of imidazole rings is 1. The minimum absolute atomic E-state index is 0.0440. The molecule has 1 fully saturated rings. The zero-order valence-corrected chi connectivity index (χ0v) is 15.8. The van der Waals surface area contributed by atoms with Gasteiger partial charge in [0, 0.05) is 19.8 Å². The highest BCUT2D eigenvalue weighted by atomic mass is 16.5. The Labute approximate surface area is 155 Å². The first-order valence-corrected chi connectivity index (χ1v) is 9.17. The molecule has 1 N–H and O–H groups in total. The van der Waals surface area contributed by atoms with Gasteiger partial charge in [0.25, 0.3) is 5.91 Å². The number of carbonyl (C=O) groups is 1. The average Bonchev–Trinajstić information content (AvgIpc) is 3.04. The molecule has 140 valence electrons. The Bertz CT molecular complexity index is 743. The van der Waals surface area contributed by atoms with Gasteiger partial charge in [-0.1, -0.05) is 12.1 Å². The van der Waals surface area contributed by atoms with Crippen molar-refractivity contribution in [3.8, 4) is 5.75 Å². The highest BCUT2D eigenvalue weighted by molar-refractivity contribution is 5.77. The van der Waals surface area contributed by atoms with E-state index in [0.29, 0.717) is 12.5 Å². The number of piperidine rings is 1. The molecule has 1 saturated heterocycles. The molecular weight excluding hydrogens is 328 g/mol. The van der Waals surface area contributed by atoms with Gasteiger partial charge in [0.2, 0.25) is 0 Å². The van der Waals surface area contributed by atoms with E-state index >= 15 is 0 Å². The van der Waals surface area contributed by atoms with Crippen molar-refractivity contribution in [2.24, 2.45) is 13.0 Å². The van der Waals surface area contributed by atoms with Crippen molar-refractivity contribution in [2.75, 3.05) is 26.7 Å². The van der Waals surface area contributed by atoms with E-state index < -0.39 is 0 Å². The van der Waals surface area contributed by atoms with Crippen molar-refractivity contribution in [2.45, 2.75) is 25.8 Å². The van der Waals surface area contributed by atoms with Crippen molar-refractivity contribution >= 4 is 5.91 Å². The lowest BCUT2D eigenvalue weighted by Gasteiger charge is -2.39. The maximum atomic E-state index is 12.2. The minimum atomic E-state index is -0.0801. The SMILES string of the molecule is Cc1cccc(OCC(=O)NC[C@@H]2CCCN(C)[C@H]2c2cncn2C)c1. The van der Waals surface area contributed by atoms with Crippen LogP contribution >= 0.6 is 0 Å². The van der Waals surface area contributed by atoms with Crippen molar-refractivity contribution < 1.29 is 9.53 Å². The molecule has 2 atom stereocenters. The summed E-state index contributed by atoms with van der Waals surface area (Å²) in [5.41, 5.74) is 2.31. The van der Waals surface area contributed by atoms with E-state index in [1.807, 2.05) is 50.8 Å². The molecule has 0 radical (unpaired) electrons. The van der Waals surface area contributed by atoms with Crippen LogP contribution in [-0.4, -0.2) is 47.1 Å². The van der Waals surface area contributed by atoms with Crippen LogP contribution in [0.1, 0.15) is 30.1 Å². The molecule has 6 heteroatoms. The van der Waals surface area contributed by atoms with Gasteiger partial charge < -0.3 is 14.6 Å². The molecule has 0 unspecified atom stereocenters. The summed E-state index contributed by atoms with van der Waals surface area (Å²) in [4.78, 5) is 18.8. The molecule has 0 saturated carbocycles.